The summed E-state index contributed by atoms with van der Waals surface area (Å²) in [6, 6.07) is 6.84. The smallest absolute Gasteiger partial charge is 0.287 e. The molecule has 9 heteroatoms. The van der Waals surface area contributed by atoms with Crippen molar-refractivity contribution < 1.29 is 18.0 Å². The zero-order chi connectivity index (χ0) is 17.0. The number of anilines is 1. The summed E-state index contributed by atoms with van der Waals surface area (Å²) in [5.41, 5.74) is 1.69. The SMILES string of the molecule is O=C(/C=N/Nc1ncc(C(F)(F)F)cc1Cl)c1ccc(Cl)cc1. The van der Waals surface area contributed by atoms with Crippen LogP contribution in [-0.2, 0) is 6.18 Å². The Balaban J connectivity index is 2.05. The van der Waals surface area contributed by atoms with Crippen LogP contribution in [0.15, 0.2) is 41.6 Å². The van der Waals surface area contributed by atoms with E-state index in [0.29, 0.717) is 22.8 Å². The highest BCUT2D eigenvalue weighted by Crippen LogP contribution is 2.32. The average Bonchev–Trinajstić information content (AvgIpc) is 2.48. The lowest BCUT2D eigenvalue weighted by atomic mass is 10.1. The molecule has 0 fully saturated rings. The highest BCUT2D eigenvalue weighted by atomic mass is 35.5. The highest BCUT2D eigenvalue weighted by Gasteiger charge is 2.31. The van der Waals surface area contributed by atoms with Crippen LogP contribution in [0.5, 0.6) is 0 Å². The summed E-state index contributed by atoms with van der Waals surface area (Å²) in [7, 11) is 0. The van der Waals surface area contributed by atoms with E-state index in [1.165, 1.54) is 12.1 Å². The van der Waals surface area contributed by atoms with Crippen molar-refractivity contribution in [3.63, 3.8) is 0 Å². The minimum Gasteiger partial charge on any atom is -0.287 e. The maximum absolute atomic E-state index is 12.5. The van der Waals surface area contributed by atoms with E-state index < -0.39 is 17.5 Å². The molecule has 2 aromatic rings. The zero-order valence-electron chi connectivity index (χ0n) is 11.2. The second-order valence-corrected chi connectivity index (χ2v) is 5.14. The molecule has 0 aliphatic rings. The summed E-state index contributed by atoms with van der Waals surface area (Å²) < 4.78 is 37.4. The van der Waals surface area contributed by atoms with Crippen molar-refractivity contribution in [2.24, 2.45) is 5.10 Å². The van der Waals surface area contributed by atoms with Crippen molar-refractivity contribution in [3.05, 3.63) is 57.7 Å². The number of hydrazone groups is 1. The fourth-order valence-corrected chi connectivity index (χ4v) is 1.85. The molecule has 1 N–H and O–H groups in total. The zero-order valence-corrected chi connectivity index (χ0v) is 12.7. The predicted octanol–water partition coefficient (Wildman–Crippen LogP) is 4.69. The van der Waals surface area contributed by atoms with Gasteiger partial charge in [-0.15, -0.1) is 0 Å². The Bertz CT molecular complexity index is 746. The average molecular weight is 362 g/mol. The second kappa shape index (κ2) is 6.97. The van der Waals surface area contributed by atoms with Gasteiger partial charge in [0.2, 0.25) is 5.78 Å². The number of nitrogens with zero attached hydrogens (tertiary/aromatic N) is 2. The van der Waals surface area contributed by atoms with Crippen LogP contribution in [0, 0.1) is 0 Å². The number of hydrogen-bond acceptors (Lipinski definition) is 4. The van der Waals surface area contributed by atoms with Crippen molar-refractivity contribution in [2.45, 2.75) is 6.18 Å². The quantitative estimate of drug-likeness (QED) is 0.488. The molecule has 1 aromatic carbocycles. The van der Waals surface area contributed by atoms with Crippen molar-refractivity contribution >= 4 is 41.0 Å². The van der Waals surface area contributed by atoms with Crippen molar-refractivity contribution in [1.82, 2.24) is 4.98 Å². The molecule has 120 valence electrons. The van der Waals surface area contributed by atoms with E-state index in [1.54, 1.807) is 12.1 Å². The first-order chi connectivity index (χ1) is 10.8. The normalized spacial score (nSPS) is 11.7. The number of rotatable bonds is 4. The standard InChI is InChI=1S/C14H8Cl2F3N3O/c15-10-3-1-8(2-4-10)12(23)7-21-22-13-11(16)5-9(6-20-13)14(17,18)19/h1-7H,(H,20,22)/b21-7+. The molecule has 0 radical (unpaired) electrons. The summed E-state index contributed by atoms with van der Waals surface area (Å²) >= 11 is 11.4. The molecule has 4 nitrogen and oxygen atoms in total. The number of carbonyl (C=O) groups excluding carboxylic acids is 1. The minimum atomic E-state index is -4.54. The van der Waals surface area contributed by atoms with Crippen LogP contribution < -0.4 is 5.43 Å². The third kappa shape index (κ3) is 4.67. The van der Waals surface area contributed by atoms with Crippen LogP contribution in [0.1, 0.15) is 15.9 Å². The van der Waals surface area contributed by atoms with Gasteiger partial charge in [0.1, 0.15) is 0 Å². The Kier molecular flexibility index (Phi) is 5.23. The van der Waals surface area contributed by atoms with Gasteiger partial charge >= 0.3 is 6.18 Å². The fraction of sp³-hybridized carbons (Fsp3) is 0.0714. The number of benzene rings is 1. The molecule has 2 rings (SSSR count). The van der Waals surface area contributed by atoms with Crippen LogP contribution in [0.2, 0.25) is 10.0 Å². The first-order valence-corrected chi connectivity index (χ1v) is 6.84. The molecule has 0 spiro atoms. The summed E-state index contributed by atoms with van der Waals surface area (Å²) in [6.07, 6.45) is -2.97. The number of hydrogen-bond donors (Lipinski definition) is 1. The predicted molar refractivity (Wildman–Crippen MR) is 82.1 cm³/mol. The topological polar surface area (TPSA) is 54.4 Å². The second-order valence-electron chi connectivity index (χ2n) is 4.29. The van der Waals surface area contributed by atoms with Crippen molar-refractivity contribution in [1.29, 1.82) is 0 Å². The number of Topliss-reactive ketones (excluding diaryl/α,β-unsaturated/α-hetero) is 1. The third-order valence-corrected chi connectivity index (χ3v) is 3.19. The molecule has 0 aliphatic carbocycles. The largest absolute Gasteiger partial charge is 0.417 e. The van der Waals surface area contributed by atoms with Gasteiger partial charge in [-0.2, -0.15) is 18.3 Å². The lowest BCUT2D eigenvalue weighted by Gasteiger charge is -2.08. The molecule has 0 amide bonds. The van der Waals surface area contributed by atoms with E-state index >= 15 is 0 Å². The number of carbonyl (C=O) groups is 1. The molecule has 0 atom stereocenters. The fourth-order valence-electron chi connectivity index (χ4n) is 1.52. The van der Waals surface area contributed by atoms with Crippen molar-refractivity contribution in [3.8, 4) is 0 Å². The molecule has 0 saturated heterocycles. The maximum atomic E-state index is 12.5. The van der Waals surface area contributed by atoms with Gasteiger partial charge in [-0.3, -0.25) is 10.2 Å². The van der Waals surface area contributed by atoms with E-state index in [4.69, 9.17) is 23.2 Å². The van der Waals surface area contributed by atoms with E-state index in [0.717, 1.165) is 6.21 Å². The molecule has 0 aliphatic heterocycles. The Morgan fingerprint density at radius 1 is 1.22 bits per heavy atom. The summed E-state index contributed by atoms with van der Waals surface area (Å²) in [6.45, 7) is 0. The lowest BCUT2D eigenvalue weighted by molar-refractivity contribution is -0.137. The molecule has 23 heavy (non-hydrogen) atoms. The van der Waals surface area contributed by atoms with Crippen LogP contribution in [-0.4, -0.2) is 17.0 Å². The van der Waals surface area contributed by atoms with Gasteiger partial charge in [0, 0.05) is 16.8 Å². The molecule has 1 aromatic heterocycles. The molecular formula is C14H8Cl2F3N3O. The number of pyridine rings is 1. The van der Waals surface area contributed by atoms with E-state index in [-0.39, 0.29) is 10.8 Å². The first-order valence-electron chi connectivity index (χ1n) is 6.09. The van der Waals surface area contributed by atoms with Gasteiger partial charge in [-0.1, -0.05) is 23.2 Å². The highest BCUT2D eigenvalue weighted by molar-refractivity contribution is 6.36. The minimum absolute atomic E-state index is 0.0974. The number of nitrogens with one attached hydrogen (secondary N) is 1. The monoisotopic (exact) mass is 361 g/mol. The van der Waals surface area contributed by atoms with E-state index in [2.05, 4.69) is 15.5 Å². The summed E-state index contributed by atoms with van der Waals surface area (Å²) in [4.78, 5) is 15.3. The van der Waals surface area contributed by atoms with Crippen LogP contribution in [0.25, 0.3) is 0 Å². The Morgan fingerprint density at radius 3 is 2.43 bits per heavy atom. The van der Waals surface area contributed by atoms with Gasteiger partial charge in [-0.25, -0.2) is 4.98 Å². The molecule has 0 bridgehead atoms. The van der Waals surface area contributed by atoms with Gasteiger partial charge < -0.3 is 0 Å². The van der Waals surface area contributed by atoms with Crippen molar-refractivity contribution in [2.75, 3.05) is 5.43 Å². The number of aromatic nitrogens is 1. The van der Waals surface area contributed by atoms with Gasteiger partial charge in [0.05, 0.1) is 16.8 Å². The van der Waals surface area contributed by atoms with Crippen LogP contribution in [0.3, 0.4) is 0 Å². The lowest BCUT2D eigenvalue weighted by Crippen LogP contribution is -2.07. The number of alkyl halides is 3. The van der Waals surface area contributed by atoms with Gasteiger partial charge in [0.25, 0.3) is 0 Å². The van der Waals surface area contributed by atoms with Gasteiger partial charge in [-0.05, 0) is 30.3 Å². The Morgan fingerprint density at radius 2 is 1.87 bits per heavy atom. The Labute approximate surface area is 138 Å². The third-order valence-electron chi connectivity index (χ3n) is 2.65. The molecule has 1 heterocycles. The van der Waals surface area contributed by atoms with Gasteiger partial charge in [0.15, 0.2) is 5.82 Å². The Hall–Kier alpha value is -2.12. The van der Waals surface area contributed by atoms with Crippen LogP contribution in [0.4, 0.5) is 19.0 Å². The molecular weight excluding hydrogens is 354 g/mol. The van der Waals surface area contributed by atoms with E-state index in [9.17, 15) is 18.0 Å². The number of halogens is 5. The first kappa shape index (κ1) is 17.2. The maximum Gasteiger partial charge on any atom is 0.417 e. The van der Waals surface area contributed by atoms with E-state index in [1.807, 2.05) is 0 Å². The molecule has 0 saturated carbocycles. The van der Waals surface area contributed by atoms with Crippen LogP contribution >= 0.6 is 23.2 Å². The number of ketones is 1. The summed E-state index contributed by atoms with van der Waals surface area (Å²) in [5, 5.41) is 3.82. The summed E-state index contributed by atoms with van der Waals surface area (Å²) in [5.74, 6) is -0.517. The molecule has 0 unspecified atom stereocenters.